The summed E-state index contributed by atoms with van der Waals surface area (Å²) < 4.78 is 0. The van der Waals surface area contributed by atoms with Gasteiger partial charge in [-0.15, -0.1) is 11.3 Å². The van der Waals surface area contributed by atoms with Gasteiger partial charge in [0.1, 0.15) is 0 Å². The lowest BCUT2D eigenvalue weighted by molar-refractivity contribution is 0.210. The standard InChI is InChI=1S/C15H29N3S/c1-12-14(19-11-18-12)10-17-9-5-6-13(7-8-16)15(2,3)4/h11,13,17H,5-10,16H2,1-4H3. The molecule has 0 aromatic carbocycles. The van der Waals surface area contributed by atoms with E-state index in [1.54, 1.807) is 11.3 Å². The third kappa shape index (κ3) is 6.02. The summed E-state index contributed by atoms with van der Waals surface area (Å²) in [5.74, 6) is 0.726. The van der Waals surface area contributed by atoms with Crippen LogP contribution in [0.1, 0.15) is 50.6 Å². The zero-order chi connectivity index (χ0) is 14.3. The Kier molecular flexibility index (Phi) is 6.97. The SMILES string of the molecule is Cc1ncsc1CNCCCC(CCN)C(C)(C)C. The van der Waals surface area contributed by atoms with Gasteiger partial charge in [0.2, 0.25) is 0 Å². The molecule has 1 aromatic rings. The molecule has 0 saturated carbocycles. The lowest BCUT2D eigenvalue weighted by Crippen LogP contribution is -2.25. The van der Waals surface area contributed by atoms with Gasteiger partial charge in [-0.25, -0.2) is 4.98 Å². The summed E-state index contributed by atoms with van der Waals surface area (Å²) in [7, 11) is 0. The summed E-state index contributed by atoms with van der Waals surface area (Å²) in [5.41, 5.74) is 9.17. The molecule has 0 aliphatic heterocycles. The number of aromatic nitrogens is 1. The highest BCUT2D eigenvalue weighted by Gasteiger charge is 2.22. The van der Waals surface area contributed by atoms with Crippen LogP contribution in [0.25, 0.3) is 0 Å². The molecule has 1 atom stereocenters. The van der Waals surface area contributed by atoms with Crippen LogP contribution >= 0.6 is 11.3 Å². The van der Waals surface area contributed by atoms with Gasteiger partial charge in [-0.1, -0.05) is 20.8 Å². The molecule has 1 rings (SSSR count). The average Bonchev–Trinajstić information content (AvgIpc) is 2.72. The minimum atomic E-state index is 0.369. The number of hydrogen-bond donors (Lipinski definition) is 2. The van der Waals surface area contributed by atoms with Crippen LogP contribution < -0.4 is 11.1 Å². The summed E-state index contributed by atoms with van der Waals surface area (Å²) in [6.07, 6.45) is 3.62. The quantitative estimate of drug-likeness (QED) is 0.720. The molecule has 1 unspecified atom stereocenters. The minimum absolute atomic E-state index is 0.369. The minimum Gasteiger partial charge on any atom is -0.330 e. The molecule has 0 radical (unpaired) electrons. The molecule has 1 heterocycles. The van der Waals surface area contributed by atoms with Crippen molar-refractivity contribution in [3.63, 3.8) is 0 Å². The molecule has 0 aliphatic rings. The Morgan fingerprint density at radius 3 is 2.63 bits per heavy atom. The van der Waals surface area contributed by atoms with E-state index in [2.05, 4.69) is 38.0 Å². The molecule has 19 heavy (non-hydrogen) atoms. The van der Waals surface area contributed by atoms with Crippen LogP contribution in [0.4, 0.5) is 0 Å². The van der Waals surface area contributed by atoms with Gasteiger partial charge >= 0.3 is 0 Å². The summed E-state index contributed by atoms with van der Waals surface area (Å²) in [5, 5.41) is 3.52. The van der Waals surface area contributed by atoms with Crippen molar-refractivity contribution in [1.82, 2.24) is 10.3 Å². The third-order valence-corrected chi connectivity index (χ3v) is 4.71. The second kappa shape index (κ2) is 7.98. The van der Waals surface area contributed by atoms with Crippen molar-refractivity contribution in [2.45, 2.75) is 53.5 Å². The number of thiazole rings is 1. The summed E-state index contributed by atoms with van der Waals surface area (Å²) in [4.78, 5) is 5.62. The maximum atomic E-state index is 5.72. The summed E-state index contributed by atoms with van der Waals surface area (Å²) >= 11 is 1.74. The van der Waals surface area contributed by atoms with Crippen molar-refractivity contribution in [3.05, 3.63) is 16.1 Å². The summed E-state index contributed by atoms with van der Waals surface area (Å²) in [6.45, 7) is 11.9. The molecule has 1 aromatic heterocycles. The highest BCUT2D eigenvalue weighted by molar-refractivity contribution is 7.09. The van der Waals surface area contributed by atoms with Gasteiger partial charge in [0.25, 0.3) is 0 Å². The maximum Gasteiger partial charge on any atom is 0.0798 e. The molecule has 3 N–H and O–H groups in total. The van der Waals surface area contributed by atoms with Crippen molar-refractivity contribution < 1.29 is 0 Å². The van der Waals surface area contributed by atoms with E-state index in [4.69, 9.17) is 5.73 Å². The smallest absolute Gasteiger partial charge is 0.0798 e. The maximum absolute atomic E-state index is 5.72. The number of rotatable bonds is 8. The Morgan fingerprint density at radius 2 is 2.11 bits per heavy atom. The van der Waals surface area contributed by atoms with E-state index in [-0.39, 0.29) is 0 Å². The molecular weight excluding hydrogens is 254 g/mol. The zero-order valence-electron chi connectivity index (χ0n) is 12.8. The van der Waals surface area contributed by atoms with E-state index in [0.717, 1.165) is 37.7 Å². The van der Waals surface area contributed by atoms with Crippen molar-refractivity contribution in [3.8, 4) is 0 Å². The molecule has 3 nitrogen and oxygen atoms in total. The second-order valence-corrected chi connectivity index (χ2v) is 7.26. The van der Waals surface area contributed by atoms with Gasteiger partial charge in [0, 0.05) is 11.4 Å². The molecule has 0 bridgehead atoms. The van der Waals surface area contributed by atoms with Gasteiger partial charge in [-0.3, -0.25) is 0 Å². The van der Waals surface area contributed by atoms with Crippen LogP contribution in [0.2, 0.25) is 0 Å². The molecule has 0 amide bonds. The third-order valence-electron chi connectivity index (χ3n) is 3.78. The number of aryl methyl sites for hydroxylation is 1. The highest BCUT2D eigenvalue weighted by Crippen LogP contribution is 2.31. The van der Waals surface area contributed by atoms with Crippen LogP contribution in [0, 0.1) is 18.3 Å². The monoisotopic (exact) mass is 283 g/mol. The Morgan fingerprint density at radius 1 is 1.37 bits per heavy atom. The van der Waals surface area contributed by atoms with Gasteiger partial charge in [0.05, 0.1) is 11.2 Å². The van der Waals surface area contributed by atoms with Crippen LogP contribution in [0.5, 0.6) is 0 Å². The molecule has 110 valence electrons. The first-order chi connectivity index (χ1) is 8.95. The van der Waals surface area contributed by atoms with E-state index in [0.29, 0.717) is 5.41 Å². The molecule has 0 spiro atoms. The van der Waals surface area contributed by atoms with E-state index in [9.17, 15) is 0 Å². The van der Waals surface area contributed by atoms with Crippen LogP contribution in [-0.4, -0.2) is 18.1 Å². The topological polar surface area (TPSA) is 50.9 Å². The molecule has 0 aliphatic carbocycles. The fraction of sp³-hybridized carbons (Fsp3) is 0.800. The van der Waals surface area contributed by atoms with Gasteiger partial charge in [-0.2, -0.15) is 0 Å². The van der Waals surface area contributed by atoms with Gasteiger partial charge < -0.3 is 11.1 Å². The van der Waals surface area contributed by atoms with E-state index in [1.807, 2.05) is 5.51 Å². The summed E-state index contributed by atoms with van der Waals surface area (Å²) in [6, 6.07) is 0. The van der Waals surface area contributed by atoms with Gasteiger partial charge in [0.15, 0.2) is 0 Å². The average molecular weight is 283 g/mol. The molecule has 0 fully saturated rings. The largest absolute Gasteiger partial charge is 0.330 e. The number of nitrogens with zero attached hydrogens (tertiary/aromatic N) is 1. The lowest BCUT2D eigenvalue weighted by atomic mass is 9.76. The van der Waals surface area contributed by atoms with Crippen molar-refractivity contribution >= 4 is 11.3 Å². The fourth-order valence-corrected chi connectivity index (χ4v) is 3.13. The van der Waals surface area contributed by atoms with Crippen molar-refractivity contribution in [2.24, 2.45) is 17.1 Å². The predicted molar refractivity (Wildman–Crippen MR) is 84.4 cm³/mol. The fourth-order valence-electron chi connectivity index (χ4n) is 2.38. The predicted octanol–water partition coefficient (Wildman–Crippen LogP) is 3.33. The number of nitrogens with two attached hydrogens (primary N) is 1. The Labute approximate surface area is 122 Å². The first-order valence-electron chi connectivity index (χ1n) is 7.25. The molecular formula is C15H29N3S. The number of hydrogen-bond acceptors (Lipinski definition) is 4. The van der Waals surface area contributed by atoms with Crippen LogP contribution in [-0.2, 0) is 6.54 Å². The molecule has 0 saturated heterocycles. The van der Waals surface area contributed by atoms with E-state index in [1.165, 1.54) is 17.7 Å². The van der Waals surface area contributed by atoms with E-state index < -0.39 is 0 Å². The Hall–Kier alpha value is -0.450. The van der Waals surface area contributed by atoms with Crippen LogP contribution in [0.3, 0.4) is 0 Å². The van der Waals surface area contributed by atoms with Gasteiger partial charge in [-0.05, 0) is 50.6 Å². The van der Waals surface area contributed by atoms with E-state index >= 15 is 0 Å². The molecule has 4 heteroatoms. The van der Waals surface area contributed by atoms with Crippen molar-refractivity contribution in [1.29, 1.82) is 0 Å². The Balaban J connectivity index is 2.20. The first kappa shape index (κ1) is 16.6. The lowest BCUT2D eigenvalue weighted by Gasteiger charge is -2.30. The second-order valence-electron chi connectivity index (χ2n) is 6.32. The number of nitrogens with one attached hydrogen (secondary N) is 1. The zero-order valence-corrected chi connectivity index (χ0v) is 13.6. The first-order valence-corrected chi connectivity index (χ1v) is 8.13. The Bertz CT molecular complexity index is 355. The normalized spacial score (nSPS) is 13.7. The van der Waals surface area contributed by atoms with Crippen molar-refractivity contribution in [2.75, 3.05) is 13.1 Å². The highest BCUT2D eigenvalue weighted by atomic mass is 32.1. The van der Waals surface area contributed by atoms with Crippen LogP contribution in [0.15, 0.2) is 5.51 Å².